The van der Waals surface area contributed by atoms with Gasteiger partial charge in [-0.05, 0) is 49.5 Å². The molecular formula is C26H23N7O2. The molecule has 4 heterocycles. The minimum absolute atomic E-state index is 0.161. The number of rotatable bonds is 4. The van der Waals surface area contributed by atoms with Crippen molar-refractivity contribution in [3.63, 3.8) is 0 Å². The first-order valence-electron chi connectivity index (χ1n) is 11.3. The van der Waals surface area contributed by atoms with E-state index >= 15 is 0 Å². The maximum Gasteiger partial charge on any atom is 0.414 e. The quantitative estimate of drug-likeness (QED) is 0.372. The Hall–Kier alpha value is -4.42. The third kappa shape index (κ3) is 3.64. The molecule has 9 heteroatoms. The summed E-state index contributed by atoms with van der Waals surface area (Å²) in [5, 5.41) is 4.50. The standard InChI is InChI=1S/C26H23N7O2/c1-27-20-6-4-17(5-7-20)18-11-24-25-28-16-29-33(25)23-9-8-21(10-19(23)13-31(24)12-18)32-15-22(14-30(2)3)35-26(32)34/h4-12,16,22H,13-15H2,2-3H3/t22-/m1/s1. The number of hydrogen-bond donors (Lipinski definition) is 0. The molecule has 2 aromatic carbocycles. The van der Waals surface area contributed by atoms with Gasteiger partial charge in [-0.3, -0.25) is 4.90 Å². The van der Waals surface area contributed by atoms with E-state index in [1.807, 2.05) is 66.1 Å². The Morgan fingerprint density at radius 1 is 1.14 bits per heavy atom. The van der Waals surface area contributed by atoms with Crippen molar-refractivity contribution in [2.45, 2.75) is 12.6 Å². The zero-order valence-electron chi connectivity index (χ0n) is 19.4. The molecule has 4 aromatic rings. The zero-order chi connectivity index (χ0) is 24.1. The van der Waals surface area contributed by atoms with E-state index in [2.05, 4.69) is 31.8 Å². The highest BCUT2D eigenvalue weighted by Gasteiger charge is 2.33. The molecule has 1 atom stereocenters. The van der Waals surface area contributed by atoms with E-state index in [0.29, 0.717) is 25.3 Å². The van der Waals surface area contributed by atoms with Gasteiger partial charge in [0.2, 0.25) is 0 Å². The summed E-state index contributed by atoms with van der Waals surface area (Å²) >= 11 is 0. The lowest BCUT2D eigenvalue weighted by Gasteiger charge is -2.17. The number of fused-ring (bicyclic) bond motifs is 5. The normalized spacial score (nSPS) is 16.3. The van der Waals surface area contributed by atoms with Gasteiger partial charge in [0, 0.05) is 30.5 Å². The highest BCUT2D eigenvalue weighted by molar-refractivity contribution is 5.90. The molecular weight excluding hydrogens is 442 g/mol. The minimum atomic E-state index is -0.321. The van der Waals surface area contributed by atoms with Gasteiger partial charge in [0.05, 0.1) is 24.5 Å². The van der Waals surface area contributed by atoms with Gasteiger partial charge >= 0.3 is 6.09 Å². The summed E-state index contributed by atoms with van der Waals surface area (Å²) in [7, 11) is 3.94. The summed E-state index contributed by atoms with van der Waals surface area (Å²) < 4.78 is 9.58. The van der Waals surface area contributed by atoms with Crippen LogP contribution in [0.3, 0.4) is 0 Å². The van der Waals surface area contributed by atoms with Crippen LogP contribution in [0.4, 0.5) is 16.2 Å². The Kier molecular flexibility index (Phi) is 4.90. The van der Waals surface area contributed by atoms with Crippen molar-refractivity contribution in [2.24, 2.45) is 0 Å². The van der Waals surface area contributed by atoms with Gasteiger partial charge in [0.25, 0.3) is 0 Å². The smallest absolute Gasteiger partial charge is 0.414 e. The molecule has 0 saturated carbocycles. The number of amides is 1. The van der Waals surface area contributed by atoms with Gasteiger partial charge in [-0.25, -0.2) is 19.3 Å². The van der Waals surface area contributed by atoms with Crippen molar-refractivity contribution in [3.8, 4) is 28.3 Å². The van der Waals surface area contributed by atoms with E-state index in [9.17, 15) is 4.79 Å². The molecule has 0 N–H and O–H groups in total. The van der Waals surface area contributed by atoms with Gasteiger partial charge in [-0.1, -0.05) is 24.3 Å². The number of anilines is 1. The van der Waals surface area contributed by atoms with Crippen molar-refractivity contribution in [2.75, 3.05) is 32.1 Å². The molecule has 35 heavy (non-hydrogen) atoms. The largest absolute Gasteiger partial charge is 0.443 e. The van der Waals surface area contributed by atoms with Crippen molar-refractivity contribution in [1.29, 1.82) is 0 Å². The highest BCUT2D eigenvalue weighted by Crippen LogP contribution is 2.35. The van der Waals surface area contributed by atoms with Crippen LogP contribution < -0.4 is 4.90 Å². The molecule has 0 unspecified atom stereocenters. The van der Waals surface area contributed by atoms with E-state index in [-0.39, 0.29) is 12.2 Å². The summed E-state index contributed by atoms with van der Waals surface area (Å²) in [4.78, 5) is 24.3. The number of aromatic nitrogens is 4. The van der Waals surface area contributed by atoms with Crippen LogP contribution in [0.2, 0.25) is 0 Å². The summed E-state index contributed by atoms with van der Waals surface area (Å²) in [5.41, 5.74) is 6.42. The molecule has 9 nitrogen and oxygen atoms in total. The monoisotopic (exact) mass is 465 g/mol. The molecule has 1 saturated heterocycles. The molecule has 0 aliphatic carbocycles. The Labute approximate surface area is 202 Å². The fourth-order valence-corrected chi connectivity index (χ4v) is 4.80. The van der Waals surface area contributed by atoms with Crippen molar-refractivity contribution >= 4 is 17.5 Å². The molecule has 1 amide bonds. The van der Waals surface area contributed by atoms with E-state index < -0.39 is 0 Å². The third-order valence-electron chi connectivity index (χ3n) is 6.39. The number of carbonyl (C=O) groups is 1. The molecule has 0 radical (unpaired) electrons. The second-order valence-corrected chi connectivity index (χ2v) is 9.09. The Morgan fingerprint density at radius 2 is 1.97 bits per heavy atom. The number of nitrogens with zero attached hydrogens (tertiary/aromatic N) is 7. The van der Waals surface area contributed by atoms with Crippen LogP contribution in [0.25, 0.3) is 33.2 Å². The molecule has 0 spiro atoms. The summed E-state index contributed by atoms with van der Waals surface area (Å²) in [5.74, 6) is 0.757. The van der Waals surface area contributed by atoms with E-state index in [1.165, 1.54) is 0 Å². The third-order valence-corrected chi connectivity index (χ3v) is 6.39. The van der Waals surface area contributed by atoms with Crippen LogP contribution in [0.5, 0.6) is 0 Å². The van der Waals surface area contributed by atoms with E-state index in [1.54, 1.807) is 11.2 Å². The number of benzene rings is 2. The SMILES string of the molecule is [C-]#[N+]c1ccc(-c2cc3n(c2)Cc2cc(N4C[C@@H](CN(C)C)OC4=O)ccc2-n2ncnc2-3)cc1. The minimum Gasteiger partial charge on any atom is -0.443 e. The van der Waals surface area contributed by atoms with E-state index in [0.717, 1.165) is 39.6 Å². The topological polar surface area (TPSA) is 72.8 Å². The van der Waals surface area contributed by atoms with Crippen LogP contribution in [-0.4, -0.2) is 63.6 Å². The van der Waals surface area contributed by atoms with Crippen LogP contribution in [0.15, 0.2) is 61.1 Å². The van der Waals surface area contributed by atoms with Gasteiger partial charge in [-0.15, -0.1) is 0 Å². The predicted molar refractivity (Wildman–Crippen MR) is 132 cm³/mol. The molecule has 2 aliphatic rings. The van der Waals surface area contributed by atoms with Crippen molar-refractivity contribution < 1.29 is 9.53 Å². The summed E-state index contributed by atoms with van der Waals surface area (Å²) in [6, 6.07) is 15.6. The van der Waals surface area contributed by atoms with Crippen LogP contribution in [-0.2, 0) is 11.3 Å². The van der Waals surface area contributed by atoms with Crippen molar-refractivity contribution in [3.05, 3.63) is 78.0 Å². The van der Waals surface area contributed by atoms with Crippen molar-refractivity contribution in [1.82, 2.24) is 24.2 Å². The first kappa shape index (κ1) is 21.1. The maximum absolute atomic E-state index is 12.6. The summed E-state index contributed by atoms with van der Waals surface area (Å²) in [6.45, 7) is 8.99. The Balaban J connectivity index is 1.38. The number of cyclic esters (lactones) is 1. The van der Waals surface area contributed by atoms with Gasteiger partial charge in [0.15, 0.2) is 11.5 Å². The van der Waals surface area contributed by atoms with Crippen LogP contribution in [0, 0.1) is 6.57 Å². The Bertz CT molecular complexity index is 1480. The Morgan fingerprint density at radius 3 is 2.74 bits per heavy atom. The molecule has 2 aromatic heterocycles. The lowest BCUT2D eigenvalue weighted by molar-refractivity contribution is 0.123. The zero-order valence-corrected chi connectivity index (χ0v) is 19.4. The molecule has 6 rings (SSSR count). The van der Waals surface area contributed by atoms with Crippen LogP contribution in [0.1, 0.15) is 5.56 Å². The van der Waals surface area contributed by atoms with E-state index in [4.69, 9.17) is 11.3 Å². The van der Waals surface area contributed by atoms with Crippen LogP contribution >= 0.6 is 0 Å². The molecule has 0 bridgehead atoms. The average Bonchev–Trinajstić information content (AvgIpc) is 3.56. The predicted octanol–water partition coefficient (Wildman–Crippen LogP) is 4.20. The lowest BCUT2D eigenvalue weighted by Crippen LogP contribution is -2.30. The number of hydrogen-bond acceptors (Lipinski definition) is 5. The lowest BCUT2D eigenvalue weighted by atomic mass is 10.1. The molecule has 2 aliphatic heterocycles. The second-order valence-electron chi connectivity index (χ2n) is 9.09. The number of carbonyl (C=O) groups excluding carboxylic acids is 1. The highest BCUT2D eigenvalue weighted by atomic mass is 16.6. The fourth-order valence-electron chi connectivity index (χ4n) is 4.80. The van der Waals surface area contributed by atoms with Gasteiger partial charge < -0.3 is 14.2 Å². The fraction of sp³-hybridized carbons (Fsp3) is 0.231. The number of ether oxygens (including phenoxy) is 1. The average molecular weight is 466 g/mol. The molecule has 174 valence electrons. The summed E-state index contributed by atoms with van der Waals surface area (Å²) in [6.07, 6.45) is 3.17. The number of likely N-dealkylation sites (N-methyl/N-ethyl adjacent to an activating group) is 1. The first-order valence-corrected chi connectivity index (χ1v) is 11.3. The van der Waals surface area contributed by atoms with Gasteiger partial charge in [-0.2, -0.15) is 5.10 Å². The van der Waals surface area contributed by atoms with Gasteiger partial charge in [0.1, 0.15) is 12.4 Å². The first-order chi connectivity index (χ1) is 17.0. The molecule has 1 fully saturated rings. The maximum atomic E-state index is 12.6. The second kappa shape index (κ2) is 8.11.